The molecule has 0 aromatic heterocycles. The van der Waals surface area contributed by atoms with Crippen LogP contribution in [0.3, 0.4) is 0 Å². The molecule has 98 valence electrons. The van der Waals surface area contributed by atoms with Gasteiger partial charge in [-0.05, 0) is 31.7 Å². The van der Waals surface area contributed by atoms with Crippen LogP contribution in [0, 0.1) is 6.92 Å². The SMILES string of the molecule is Cc1ccc(CCC(=O)NOC2CCCC2)cc1. The van der Waals surface area contributed by atoms with Crippen LogP contribution in [-0.2, 0) is 16.1 Å². The van der Waals surface area contributed by atoms with E-state index < -0.39 is 0 Å². The molecule has 3 nitrogen and oxygen atoms in total. The van der Waals surface area contributed by atoms with E-state index in [1.807, 2.05) is 0 Å². The summed E-state index contributed by atoms with van der Waals surface area (Å²) in [5.74, 6) is -0.0255. The molecule has 1 N–H and O–H groups in total. The molecule has 1 fully saturated rings. The van der Waals surface area contributed by atoms with Gasteiger partial charge in [-0.1, -0.05) is 42.7 Å². The Hall–Kier alpha value is -1.35. The van der Waals surface area contributed by atoms with Gasteiger partial charge in [-0.2, -0.15) is 0 Å². The third-order valence-electron chi connectivity index (χ3n) is 3.40. The highest BCUT2D eigenvalue weighted by atomic mass is 16.7. The lowest BCUT2D eigenvalue weighted by Gasteiger charge is -2.11. The van der Waals surface area contributed by atoms with E-state index in [-0.39, 0.29) is 12.0 Å². The van der Waals surface area contributed by atoms with Crippen molar-refractivity contribution in [2.24, 2.45) is 0 Å². The Kier molecular flexibility index (Phi) is 4.76. The summed E-state index contributed by atoms with van der Waals surface area (Å²) in [6.07, 6.45) is 6.04. The van der Waals surface area contributed by atoms with Crippen LogP contribution in [0.25, 0.3) is 0 Å². The van der Waals surface area contributed by atoms with E-state index >= 15 is 0 Å². The number of hydrogen-bond acceptors (Lipinski definition) is 2. The van der Waals surface area contributed by atoms with E-state index in [1.165, 1.54) is 24.0 Å². The molecule has 18 heavy (non-hydrogen) atoms. The zero-order chi connectivity index (χ0) is 12.8. The number of benzene rings is 1. The van der Waals surface area contributed by atoms with E-state index in [2.05, 4.69) is 36.7 Å². The molecular weight excluding hydrogens is 226 g/mol. The van der Waals surface area contributed by atoms with Crippen molar-refractivity contribution in [3.8, 4) is 0 Å². The number of rotatable bonds is 5. The van der Waals surface area contributed by atoms with Gasteiger partial charge in [0, 0.05) is 6.42 Å². The summed E-state index contributed by atoms with van der Waals surface area (Å²) in [6.45, 7) is 2.06. The first-order chi connectivity index (χ1) is 8.74. The molecule has 1 aliphatic rings. The molecule has 0 unspecified atom stereocenters. The minimum Gasteiger partial charge on any atom is -0.273 e. The molecule has 1 saturated carbocycles. The molecule has 0 radical (unpaired) electrons. The first-order valence-corrected chi connectivity index (χ1v) is 6.74. The van der Waals surface area contributed by atoms with Crippen LogP contribution < -0.4 is 5.48 Å². The van der Waals surface area contributed by atoms with E-state index in [9.17, 15) is 4.79 Å². The summed E-state index contributed by atoms with van der Waals surface area (Å²) >= 11 is 0. The first kappa shape index (κ1) is 13.1. The highest BCUT2D eigenvalue weighted by Crippen LogP contribution is 2.19. The topological polar surface area (TPSA) is 38.3 Å². The third kappa shape index (κ3) is 4.15. The summed E-state index contributed by atoms with van der Waals surface area (Å²) in [4.78, 5) is 17.0. The fraction of sp³-hybridized carbons (Fsp3) is 0.533. The van der Waals surface area contributed by atoms with Crippen molar-refractivity contribution >= 4 is 5.91 Å². The quantitative estimate of drug-likeness (QED) is 0.812. The van der Waals surface area contributed by atoms with Gasteiger partial charge in [0.1, 0.15) is 0 Å². The Morgan fingerprint density at radius 1 is 1.28 bits per heavy atom. The maximum Gasteiger partial charge on any atom is 0.243 e. The average molecular weight is 247 g/mol. The van der Waals surface area contributed by atoms with Crippen molar-refractivity contribution in [1.82, 2.24) is 5.48 Å². The van der Waals surface area contributed by atoms with Gasteiger partial charge in [-0.3, -0.25) is 9.63 Å². The molecule has 1 aliphatic carbocycles. The fourth-order valence-electron chi connectivity index (χ4n) is 2.22. The Bertz CT molecular complexity index is 380. The second kappa shape index (κ2) is 6.55. The second-order valence-electron chi connectivity index (χ2n) is 5.04. The lowest BCUT2D eigenvalue weighted by atomic mass is 10.1. The smallest absolute Gasteiger partial charge is 0.243 e. The lowest BCUT2D eigenvalue weighted by molar-refractivity contribution is -0.138. The molecule has 0 aliphatic heterocycles. The normalized spacial score (nSPS) is 15.8. The Morgan fingerprint density at radius 2 is 1.94 bits per heavy atom. The Balaban J connectivity index is 1.66. The summed E-state index contributed by atoms with van der Waals surface area (Å²) in [7, 11) is 0. The van der Waals surface area contributed by atoms with Gasteiger partial charge in [0.25, 0.3) is 0 Å². The third-order valence-corrected chi connectivity index (χ3v) is 3.40. The van der Waals surface area contributed by atoms with Crippen molar-refractivity contribution in [2.45, 2.75) is 51.6 Å². The number of carbonyl (C=O) groups is 1. The fourth-order valence-corrected chi connectivity index (χ4v) is 2.22. The second-order valence-corrected chi connectivity index (χ2v) is 5.04. The molecular formula is C15H21NO2. The lowest BCUT2D eigenvalue weighted by Crippen LogP contribution is -2.28. The van der Waals surface area contributed by atoms with Gasteiger partial charge in [-0.25, -0.2) is 5.48 Å². The molecule has 0 heterocycles. The predicted octanol–water partition coefficient (Wildman–Crippen LogP) is 2.92. The minimum absolute atomic E-state index is 0.0255. The number of carbonyl (C=O) groups excluding carboxylic acids is 1. The van der Waals surface area contributed by atoms with Gasteiger partial charge in [0.2, 0.25) is 5.91 Å². The van der Waals surface area contributed by atoms with E-state index in [4.69, 9.17) is 4.84 Å². The molecule has 2 rings (SSSR count). The maximum atomic E-state index is 11.6. The maximum absolute atomic E-state index is 11.6. The van der Waals surface area contributed by atoms with Gasteiger partial charge < -0.3 is 0 Å². The molecule has 0 saturated heterocycles. The highest BCUT2D eigenvalue weighted by molar-refractivity contribution is 5.75. The van der Waals surface area contributed by atoms with Crippen LogP contribution in [0.4, 0.5) is 0 Å². The van der Waals surface area contributed by atoms with E-state index in [0.29, 0.717) is 6.42 Å². The van der Waals surface area contributed by atoms with Gasteiger partial charge >= 0.3 is 0 Å². The average Bonchev–Trinajstić information content (AvgIpc) is 2.89. The Labute approximate surface area is 108 Å². The van der Waals surface area contributed by atoms with E-state index in [0.717, 1.165) is 19.3 Å². The summed E-state index contributed by atoms with van der Waals surface area (Å²) in [5, 5.41) is 0. The number of amides is 1. The number of hydroxylamine groups is 1. The molecule has 0 bridgehead atoms. The van der Waals surface area contributed by atoms with E-state index in [1.54, 1.807) is 0 Å². The van der Waals surface area contributed by atoms with Crippen LogP contribution >= 0.6 is 0 Å². The van der Waals surface area contributed by atoms with Crippen LogP contribution in [0.1, 0.15) is 43.2 Å². The van der Waals surface area contributed by atoms with Crippen molar-refractivity contribution in [3.63, 3.8) is 0 Å². The number of nitrogens with one attached hydrogen (secondary N) is 1. The van der Waals surface area contributed by atoms with Crippen molar-refractivity contribution in [2.75, 3.05) is 0 Å². The largest absolute Gasteiger partial charge is 0.273 e. The molecule has 1 amide bonds. The minimum atomic E-state index is -0.0255. The molecule has 0 spiro atoms. The zero-order valence-electron chi connectivity index (χ0n) is 10.9. The molecule has 0 atom stereocenters. The van der Waals surface area contributed by atoms with Crippen molar-refractivity contribution in [3.05, 3.63) is 35.4 Å². The van der Waals surface area contributed by atoms with Crippen LogP contribution in [0.2, 0.25) is 0 Å². The molecule has 3 heteroatoms. The van der Waals surface area contributed by atoms with Crippen molar-refractivity contribution < 1.29 is 9.63 Å². The van der Waals surface area contributed by atoms with Gasteiger partial charge in [-0.15, -0.1) is 0 Å². The monoisotopic (exact) mass is 247 g/mol. The van der Waals surface area contributed by atoms with Gasteiger partial charge in [0.15, 0.2) is 0 Å². The number of aryl methyl sites for hydroxylation is 2. The molecule has 1 aromatic carbocycles. The molecule has 1 aromatic rings. The first-order valence-electron chi connectivity index (χ1n) is 6.74. The van der Waals surface area contributed by atoms with Crippen LogP contribution in [-0.4, -0.2) is 12.0 Å². The summed E-state index contributed by atoms with van der Waals surface area (Å²) in [6, 6.07) is 8.28. The number of hydrogen-bond donors (Lipinski definition) is 1. The van der Waals surface area contributed by atoms with Crippen molar-refractivity contribution in [1.29, 1.82) is 0 Å². The van der Waals surface area contributed by atoms with Crippen LogP contribution in [0.15, 0.2) is 24.3 Å². The Morgan fingerprint density at radius 3 is 2.61 bits per heavy atom. The standard InChI is InChI=1S/C15H21NO2/c1-12-6-8-13(9-7-12)10-11-15(17)16-18-14-4-2-3-5-14/h6-9,14H,2-5,10-11H2,1H3,(H,16,17). The summed E-state index contributed by atoms with van der Waals surface area (Å²) < 4.78 is 0. The zero-order valence-corrected chi connectivity index (χ0v) is 10.9. The predicted molar refractivity (Wildman–Crippen MR) is 71.0 cm³/mol. The van der Waals surface area contributed by atoms with Gasteiger partial charge in [0.05, 0.1) is 6.10 Å². The summed E-state index contributed by atoms with van der Waals surface area (Å²) in [5.41, 5.74) is 5.00. The highest BCUT2D eigenvalue weighted by Gasteiger charge is 2.16. The van der Waals surface area contributed by atoms with Crippen LogP contribution in [0.5, 0.6) is 0 Å².